The molecule has 3 N–H and O–H groups in total. The molecule has 10 aliphatic rings. The first-order valence-electron chi connectivity index (χ1n) is 20.1. The van der Waals surface area contributed by atoms with Gasteiger partial charge in [0.1, 0.15) is 36.3 Å². The lowest BCUT2D eigenvalue weighted by molar-refractivity contribution is -0.292. The number of ketones is 1. The highest BCUT2D eigenvalue weighted by Gasteiger charge is 2.68. The molecule has 10 heterocycles. The molecule has 10 rings (SSSR count). The van der Waals surface area contributed by atoms with E-state index in [1.54, 1.807) is 0 Å². The van der Waals surface area contributed by atoms with Gasteiger partial charge in [-0.05, 0) is 73.8 Å². The quantitative estimate of drug-likeness (QED) is 0.410. The van der Waals surface area contributed by atoms with Gasteiger partial charge in [0.15, 0.2) is 5.79 Å². The Balaban J connectivity index is 0.986. The summed E-state index contributed by atoms with van der Waals surface area (Å²) in [6, 6.07) is 0. The summed E-state index contributed by atoms with van der Waals surface area (Å²) in [5.74, 6) is -0.222. The van der Waals surface area contributed by atoms with Gasteiger partial charge in [0.05, 0.1) is 61.0 Å². The number of ether oxygens (including phenoxy) is 8. The van der Waals surface area contributed by atoms with E-state index >= 15 is 0 Å². The first-order chi connectivity index (χ1) is 24.6. The molecule has 11 nitrogen and oxygen atoms in total. The second-order valence-electron chi connectivity index (χ2n) is 17.6. The Labute approximate surface area is 302 Å². The van der Waals surface area contributed by atoms with Gasteiger partial charge in [-0.3, -0.25) is 4.79 Å². The zero-order valence-corrected chi connectivity index (χ0v) is 30.4. The number of aliphatic hydroxyl groups is 1. The first-order valence-corrected chi connectivity index (χ1v) is 20.1. The maximum Gasteiger partial charge on any atom is 0.172 e. The van der Waals surface area contributed by atoms with Crippen molar-refractivity contribution in [2.75, 3.05) is 6.54 Å². The lowest BCUT2D eigenvalue weighted by Crippen LogP contribution is -2.61. The summed E-state index contributed by atoms with van der Waals surface area (Å²) in [6.07, 6.45) is 6.43. The smallest absolute Gasteiger partial charge is 0.172 e. The van der Waals surface area contributed by atoms with Crippen molar-refractivity contribution in [2.45, 2.75) is 195 Å². The van der Waals surface area contributed by atoms with E-state index in [2.05, 4.69) is 27.0 Å². The second kappa shape index (κ2) is 13.8. The summed E-state index contributed by atoms with van der Waals surface area (Å²) in [6.45, 7) is 13.5. The minimum absolute atomic E-state index is 0.00127. The fourth-order valence-corrected chi connectivity index (χ4v) is 11.3. The van der Waals surface area contributed by atoms with E-state index in [1.807, 2.05) is 0 Å². The topological polar surface area (TPSA) is 137 Å². The summed E-state index contributed by atoms with van der Waals surface area (Å²) in [5, 5.41) is 10.5. The SMILES string of the molecule is C=C1C[C@@H]2CCC34C[C@H]5O[C@H]6[C@@H](O3)[C@H]3OC(CC[C@@H]3O[C@H]6C5O4)CC(=O)C[C@@H]3[C@@H](C)[C@@H](C[C@H](O)CN)O[C@H]3CC3O[C@@H](CCC1O2)C[C@@H](C)C3=C. The van der Waals surface area contributed by atoms with E-state index in [0.717, 1.165) is 56.1 Å². The van der Waals surface area contributed by atoms with Crippen molar-refractivity contribution < 1.29 is 47.8 Å². The van der Waals surface area contributed by atoms with Crippen molar-refractivity contribution in [3.05, 3.63) is 24.3 Å². The van der Waals surface area contributed by atoms with Crippen LogP contribution in [0.1, 0.15) is 97.3 Å². The number of hydrogen-bond donors (Lipinski definition) is 2. The van der Waals surface area contributed by atoms with Crippen LogP contribution >= 0.6 is 0 Å². The molecule has 284 valence electrons. The zero-order chi connectivity index (χ0) is 35.2. The third-order valence-corrected chi connectivity index (χ3v) is 14.2. The van der Waals surface area contributed by atoms with Crippen molar-refractivity contribution in [2.24, 2.45) is 23.5 Å². The molecule has 10 fully saturated rings. The summed E-state index contributed by atoms with van der Waals surface area (Å²) in [7, 11) is 0. The predicted octanol–water partition coefficient (Wildman–Crippen LogP) is 4.06. The average molecular weight is 714 g/mol. The molecule has 0 radical (unpaired) electrons. The lowest BCUT2D eigenvalue weighted by atomic mass is 9.78. The van der Waals surface area contributed by atoms with Crippen LogP contribution in [-0.2, 0) is 42.7 Å². The van der Waals surface area contributed by atoms with Gasteiger partial charge < -0.3 is 48.7 Å². The normalized spacial score (nSPS) is 53.2. The van der Waals surface area contributed by atoms with Gasteiger partial charge in [0, 0.05) is 45.1 Å². The summed E-state index contributed by atoms with van der Waals surface area (Å²) in [5.41, 5.74) is 8.06. The highest BCUT2D eigenvalue weighted by atomic mass is 16.8. The van der Waals surface area contributed by atoms with Crippen LogP contribution in [-0.4, -0.2) is 115 Å². The van der Waals surface area contributed by atoms with Crippen LogP contribution in [0.4, 0.5) is 0 Å². The number of rotatable bonds is 3. The van der Waals surface area contributed by atoms with Crippen molar-refractivity contribution in [1.29, 1.82) is 0 Å². The highest BCUT2D eigenvalue weighted by Crippen LogP contribution is 2.54. The van der Waals surface area contributed by atoms with Crippen molar-refractivity contribution in [3.63, 3.8) is 0 Å². The number of aliphatic hydroxyl groups excluding tert-OH is 1. The van der Waals surface area contributed by atoms with Crippen molar-refractivity contribution in [1.82, 2.24) is 0 Å². The monoisotopic (exact) mass is 713 g/mol. The molecule has 11 heteroatoms. The van der Waals surface area contributed by atoms with Crippen LogP contribution < -0.4 is 5.73 Å². The molecule has 51 heavy (non-hydrogen) atoms. The maximum atomic E-state index is 14.0. The summed E-state index contributed by atoms with van der Waals surface area (Å²) in [4.78, 5) is 14.0. The summed E-state index contributed by atoms with van der Waals surface area (Å²) < 4.78 is 54.0. The lowest BCUT2D eigenvalue weighted by Gasteiger charge is -2.47. The van der Waals surface area contributed by atoms with Crippen molar-refractivity contribution >= 4 is 5.78 Å². The van der Waals surface area contributed by atoms with E-state index in [4.69, 9.17) is 43.6 Å². The zero-order valence-electron chi connectivity index (χ0n) is 30.4. The standard InChI is InChI=1S/C40H59NO10/c1-19-11-25-5-7-29-20(2)12-27(44-29)9-10-40-17-34-36(50-40)37-38(49-34)39(51-40)35-30(48-37)8-6-26(46-35)13-23(42)14-28-22(4)31(15-24(43)18-41)47-33(28)16-32(45-25)21(19)3/h19,22,24-39,43H,2-3,5-18,41H2,1,4H3/t19-,22-,24+,25+,26?,27+,28-,29?,30+,31-,32?,33+,34-,35+,36?,37+,38-,39+,40?/m1/s1. The van der Waals surface area contributed by atoms with E-state index in [-0.39, 0.29) is 110 Å². The number of Topliss-reactive ketones (excluding diaryl/α,β-unsaturated/α-hetero) is 1. The molecule has 19 atom stereocenters. The Morgan fingerprint density at radius 1 is 0.765 bits per heavy atom. The Morgan fingerprint density at radius 2 is 1.51 bits per heavy atom. The molecule has 0 amide bonds. The molecule has 1 spiro atoms. The van der Waals surface area contributed by atoms with Crippen LogP contribution in [0.5, 0.6) is 0 Å². The van der Waals surface area contributed by atoms with Crippen LogP contribution in [0, 0.1) is 17.8 Å². The molecular formula is C40H59NO10. The van der Waals surface area contributed by atoms with Crippen LogP contribution in [0.3, 0.4) is 0 Å². The first kappa shape index (κ1) is 35.5. The minimum atomic E-state index is -0.765. The molecule has 12 bridgehead atoms. The summed E-state index contributed by atoms with van der Waals surface area (Å²) >= 11 is 0. The predicted molar refractivity (Wildman–Crippen MR) is 185 cm³/mol. The Morgan fingerprint density at radius 3 is 2.35 bits per heavy atom. The highest BCUT2D eigenvalue weighted by molar-refractivity contribution is 5.79. The molecule has 0 aromatic carbocycles. The molecule has 0 saturated carbocycles. The molecular weight excluding hydrogens is 654 g/mol. The van der Waals surface area contributed by atoms with E-state index < -0.39 is 11.9 Å². The van der Waals surface area contributed by atoms with Crippen LogP contribution in [0.2, 0.25) is 0 Å². The van der Waals surface area contributed by atoms with Crippen LogP contribution in [0.25, 0.3) is 0 Å². The molecule has 10 saturated heterocycles. The van der Waals surface area contributed by atoms with E-state index in [1.165, 1.54) is 0 Å². The number of carbonyl (C=O) groups excluding carboxylic acids is 1. The number of carbonyl (C=O) groups is 1. The van der Waals surface area contributed by atoms with Gasteiger partial charge in [-0.25, -0.2) is 0 Å². The molecule has 0 aliphatic carbocycles. The fourth-order valence-electron chi connectivity index (χ4n) is 11.3. The molecule has 0 aromatic rings. The largest absolute Gasteiger partial charge is 0.392 e. The Hall–Kier alpha value is -1.25. The fraction of sp³-hybridized carbons (Fsp3) is 0.875. The minimum Gasteiger partial charge on any atom is -0.392 e. The average Bonchev–Trinajstić information content (AvgIpc) is 3.77. The Bertz CT molecular complexity index is 1360. The maximum absolute atomic E-state index is 14.0. The molecule has 0 aromatic heterocycles. The number of hydrogen-bond acceptors (Lipinski definition) is 11. The van der Waals surface area contributed by atoms with Gasteiger partial charge in [-0.1, -0.05) is 27.0 Å². The third kappa shape index (κ3) is 6.53. The van der Waals surface area contributed by atoms with Gasteiger partial charge in [-0.15, -0.1) is 0 Å². The number of fused-ring (bicyclic) bond motifs is 6. The van der Waals surface area contributed by atoms with Gasteiger partial charge >= 0.3 is 0 Å². The van der Waals surface area contributed by atoms with E-state index in [0.29, 0.717) is 44.4 Å². The van der Waals surface area contributed by atoms with E-state index in [9.17, 15) is 9.90 Å². The van der Waals surface area contributed by atoms with Gasteiger partial charge in [0.2, 0.25) is 0 Å². The Kier molecular flexibility index (Phi) is 9.59. The van der Waals surface area contributed by atoms with Gasteiger partial charge in [-0.2, -0.15) is 0 Å². The van der Waals surface area contributed by atoms with Crippen LogP contribution in [0.15, 0.2) is 24.3 Å². The second-order valence-corrected chi connectivity index (χ2v) is 17.6. The molecule has 10 aliphatic heterocycles. The molecule has 5 unspecified atom stereocenters. The number of nitrogens with two attached hydrogens (primary N) is 1. The van der Waals surface area contributed by atoms with Crippen molar-refractivity contribution in [3.8, 4) is 0 Å². The third-order valence-electron chi connectivity index (χ3n) is 14.2. The van der Waals surface area contributed by atoms with Gasteiger partial charge in [0.25, 0.3) is 0 Å².